The number of aromatic nitrogens is 2. The fourth-order valence-electron chi connectivity index (χ4n) is 5.19. The van der Waals surface area contributed by atoms with E-state index < -0.39 is 33.7 Å². The van der Waals surface area contributed by atoms with Crippen LogP contribution in [0.5, 0.6) is 5.75 Å². The SMILES string of the molecule is CC(O)CNC(=O)c1ccccc1S(=O)(=O)Cc1c(O[C@H](Cn2ccnc2)c2ccccc2)ccc2c1CCCC2=O. The van der Waals surface area contributed by atoms with E-state index in [1.54, 1.807) is 36.8 Å². The van der Waals surface area contributed by atoms with Crippen LogP contribution in [0.1, 0.15) is 63.3 Å². The van der Waals surface area contributed by atoms with Gasteiger partial charge in [-0.3, -0.25) is 9.59 Å². The number of carbonyl (C=O) groups is 2. The van der Waals surface area contributed by atoms with E-state index in [2.05, 4.69) is 10.3 Å². The zero-order valence-electron chi connectivity index (χ0n) is 23.3. The van der Waals surface area contributed by atoms with Crippen LogP contribution in [0.15, 0.2) is 90.3 Å². The van der Waals surface area contributed by atoms with Crippen LogP contribution in [0.2, 0.25) is 0 Å². The number of Topliss-reactive ketones (excluding diaryl/α,β-unsaturated/α-hetero) is 1. The highest BCUT2D eigenvalue weighted by atomic mass is 32.2. The number of imidazole rings is 1. The van der Waals surface area contributed by atoms with E-state index in [1.165, 1.54) is 19.1 Å². The van der Waals surface area contributed by atoms with Crippen molar-refractivity contribution in [3.63, 3.8) is 0 Å². The molecule has 1 aliphatic carbocycles. The van der Waals surface area contributed by atoms with Crippen LogP contribution in [0.3, 0.4) is 0 Å². The van der Waals surface area contributed by atoms with Gasteiger partial charge in [-0.2, -0.15) is 0 Å². The number of hydrogen-bond acceptors (Lipinski definition) is 7. The van der Waals surface area contributed by atoms with Gasteiger partial charge in [-0.25, -0.2) is 13.4 Å². The van der Waals surface area contributed by atoms with Gasteiger partial charge >= 0.3 is 0 Å². The Morgan fingerprint density at radius 2 is 1.83 bits per heavy atom. The molecule has 4 aromatic rings. The van der Waals surface area contributed by atoms with Crippen LogP contribution in [0.25, 0.3) is 0 Å². The van der Waals surface area contributed by atoms with Gasteiger partial charge < -0.3 is 19.7 Å². The minimum atomic E-state index is -4.08. The van der Waals surface area contributed by atoms with E-state index in [-0.39, 0.29) is 22.8 Å². The van der Waals surface area contributed by atoms with Crippen molar-refractivity contribution >= 4 is 21.5 Å². The maximum Gasteiger partial charge on any atom is 0.252 e. The van der Waals surface area contributed by atoms with E-state index in [0.717, 1.165) is 5.56 Å². The van der Waals surface area contributed by atoms with Crippen molar-refractivity contribution in [3.8, 4) is 5.75 Å². The molecule has 1 aliphatic rings. The maximum absolute atomic E-state index is 14.0. The number of nitrogens with zero attached hydrogens (tertiary/aromatic N) is 2. The second-order valence-corrected chi connectivity index (χ2v) is 12.4. The number of ketones is 1. The Hall–Kier alpha value is -4.28. The lowest BCUT2D eigenvalue weighted by molar-refractivity contribution is 0.0920. The van der Waals surface area contributed by atoms with Gasteiger partial charge in [0.2, 0.25) is 0 Å². The summed E-state index contributed by atoms with van der Waals surface area (Å²) >= 11 is 0. The molecule has 0 bridgehead atoms. The Morgan fingerprint density at radius 1 is 1.07 bits per heavy atom. The number of fused-ring (bicyclic) bond motifs is 1. The lowest BCUT2D eigenvalue weighted by atomic mass is 9.87. The summed E-state index contributed by atoms with van der Waals surface area (Å²) in [5.41, 5.74) is 2.48. The number of rotatable bonds is 11. The topological polar surface area (TPSA) is 128 Å². The van der Waals surface area contributed by atoms with Gasteiger partial charge in [0.05, 0.1) is 35.2 Å². The first-order valence-electron chi connectivity index (χ1n) is 13.9. The first kappa shape index (κ1) is 29.2. The Labute approximate surface area is 245 Å². The number of hydrogen-bond donors (Lipinski definition) is 2. The molecule has 1 amide bonds. The first-order valence-corrected chi connectivity index (χ1v) is 15.5. The second kappa shape index (κ2) is 12.7. The predicted molar refractivity (Wildman–Crippen MR) is 157 cm³/mol. The van der Waals surface area contributed by atoms with E-state index >= 15 is 0 Å². The monoisotopic (exact) mass is 587 g/mol. The molecule has 1 unspecified atom stereocenters. The van der Waals surface area contributed by atoms with Crippen molar-refractivity contribution in [1.82, 2.24) is 14.9 Å². The molecule has 2 atom stereocenters. The number of aliphatic hydroxyl groups is 1. The smallest absolute Gasteiger partial charge is 0.252 e. The van der Waals surface area contributed by atoms with Crippen LogP contribution in [0.4, 0.5) is 0 Å². The standard InChI is InChI=1S/C32H33N3O6S/c1-22(36)18-34-32(38)26-10-5-6-13-31(26)42(39,40)20-27-24-11-7-12-28(37)25(24)14-15-29(27)41-30(19-35-17-16-33-21-35)23-8-3-2-4-9-23/h2-6,8-10,13-17,21-22,30,36H,7,11-12,18-20H2,1H3,(H,34,38)/t22?,30-/m1/s1. The molecule has 42 heavy (non-hydrogen) atoms. The Morgan fingerprint density at radius 3 is 2.57 bits per heavy atom. The Balaban J connectivity index is 1.56. The third-order valence-corrected chi connectivity index (χ3v) is 8.95. The second-order valence-electron chi connectivity index (χ2n) is 10.4. The molecule has 10 heteroatoms. The molecule has 9 nitrogen and oxygen atoms in total. The molecule has 0 saturated heterocycles. The summed E-state index contributed by atoms with van der Waals surface area (Å²) in [6.07, 6.45) is 5.49. The number of nitrogens with one attached hydrogen (secondary N) is 1. The van der Waals surface area contributed by atoms with Crippen molar-refractivity contribution < 1.29 is 27.9 Å². The lowest BCUT2D eigenvalue weighted by Gasteiger charge is -2.26. The fraction of sp³-hybridized carbons (Fsp3) is 0.281. The van der Waals surface area contributed by atoms with Crippen LogP contribution in [-0.4, -0.2) is 47.4 Å². The molecule has 218 valence electrons. The highest BCUT2D eigenvalue weighted by Gasteiger charge is 2.30. The number of carbonyl (C=O) groups excluding carboxylic acids is 2. The van der Waals surface area contributed by atoms with Crippen molar-refractivity contribution in [2.75, 3.05) is 6.54 Å². The summed E-state index contributed by atoms with van der Waals surface area (Å²) in [6, 6.07) is 19.0. The fourth-order valence-corrected chi connectivity index (χ4v) is 6.83. The molecular weight excluding hydrogens is 554 g/mol. The van der Waals surface area contributed by atoms with Crippen molar-refractivity contribution in [3.05, 3.63) is 113 Å². The number of aliphatic hydroxyl groups excluding tert-OH is 1. The number of benzene rings is 3. The largest absolute Gasteiger partial charge is 0.484 e. The van der Waals surface area contributed by atoms with Crippen LogP contribution in [-0.2, 0) is 28.6 Å². The molecule has 5 rings (SSSR count). The molecule has 1 heterocycles. The summed E-state index contributed by atoms with van der Waals surface area (Å²) < 4.78 is 36.5. The van der Waals surface area contributed by atoms with Crippen molar-refractivity contribution in [2.45, 2.75) is 55.6 Å². The maximum atomic E-state index is 14.0. The molecule has 0 saturated carbocycles. The third-order valence-electron chi connectivity index (χ3n) is 7.25. The minimum absolute atomic E-state index is 0.0104. The summed E-state index contributed by atoms with van der Waals surface area (Å²) in [5, 5.41) is 12.2. The Bertz CT molecular complexity index is 1670. The minimum Gasteiger partial charge on any atom is -0.484 e. The molecular formula is C32H33N3O6S. The van der Waals surface area contributed by atoms with Gasteiger partial charge in [0.25, 0.3) is 5.91 Å². The lowest BCUT2D eigenvalue weighted by Crippen LogP contribution is -2.31. The normalized spacial score (nSPS) is 14.6. The third kappa shape index (κ3) is 6.61. The van der Waals surface area contributed by atoms with E-state index in [4.69, 9.17) is 4.74 Å². The van der Waals surface area contributed by atoms with Gasteiger partial charge in [0, 0.05) is 36.5 Å². The molecule has 0 spiro atoms. The summed E-state index contributed by atoms with van der Waals surface area (Å²) in [6.45, 7) is 1.94. The average molecular weight is 588 g/mol. The van der Waals surface area contributed by atoms with Crippen LogP contribution in [0, 0.1) is 0 Å². The van der Waals surface area contributed by atoms with E-state index in [0.29, 0.717) is 48.2 Å². The van der Waals surface area contributed by atoms with Crippen LogP contribution < -0.4 is 10.1 Å². The molecule has 3 aromatic carbocycles. The summed E-state index contributed by atoms with van der Waals surface area (Å²) in [5.74, 6) is -0.706. The zero-order valence-corrected chi connectivity index (χ0v) is 24.1. The van der Waals surface area contributed by atoms with Gasteiger partial charge in [-0.1, -0.05) is 42.5 Å². The van der Waals surface area contributed by atoms with Crippen LogP contribution >= 0.6 is 0 Å². The summed E-state index contributed by atoms with van der Waals surface area (Å²) in [7, 11) is -4.08. The molecule has 0 radical (unpaired) electrons. The number of amides is 1. The predicted octanol–water partition coefficient (Wildman–Crippen LogP) is 4.31. The summed E-state index contributed by atoms with van der Waals surface area (Å²) in [4.78, 5) is 29.7. The van der Waals surface area contributed by atoms with E-state index in [1.807, 2.05) is 41.1 Å². The number of sulfone groups is 1. The molecule has 0 aliphatic heterocycles. The van der Waals surface area contributed by atoms with Gasteiger partial charge in [-0.05, 0) is 55.2 Å². The zero-order chi connectivity index (χ0) is 29.7. The van der Waals surface area contributed by atoms with E-state index in [9.17, 15) is 23.1 Å². The van der Waals surface area contributed by atoms with Gasteiger partial charge in [0.15, 0.2) is 15.6 Å². The first-order chi connectivity index (χ1) is 20.2. The quantitative estimate of drug-likeness (QED) is 0.268. The highest BCUT2D eigenvalue weighted by Crippen LogP contribution is 2.37. The van der Waals surface area contributed by atoms with Crippen molar-refractivity contribution in [2.24, 2.45) is 0 Å². The molecule has 0 fully saturated rings. The Kier molecular flexibility index (Phi) is 8.84. The molecule has 2 N–H and O–H groups in total. The van der Waals surface area contributed by atoms with Gasteiger partial charge in [-0.15, -0.1) is 0 Å². The molecule has 1 aromatic heterocycles. The highest BCUT2D eigenvalue weighted by molar-refractivity contribution is 7.90. The average Bonchev–Trinajstić information content (AvgIpc) is 3.50. The number of ether oxygens (including phenoxy) is 1. The van der Waals surface area contributed by atoms with Crippen molar-refractivity contribution in [1.29, 1.82) is 0 Å². The van der Waals surface area contributed by atoms with Gasteiger partial charge in [0.1, 0.15) is 11.9 Å².